The largest absolute Gasteiger partial charge is 1.00 e. The van der Waals surface area contributed by atoms with E-state index in [0.29, 0.717) is 44.8 Å². The molecule has 0 spiro atoms. The van der Waals surface area contributed by atoms with Crippen molar-refractivity contribution in [2.75, 3.05) is 0 Å². The molecule has 8 nitrogen and oxygen atoms in total. The minimum atomic E-state index is -4.71. The SMILES string of the molecule is Cc1cc(C)c2oc(-c3ccc(-c4ccc(-c5oc6c(C)cc(C)c(S(=O)(=O)[O-])c6c5C)cc4)cc3)cc2c1S(=O)(=O)[O-].[Na+].[Na+]. The minimum Gasteiger partial charge on any atom is -0.744 e. The molecule has 220 valence electrons. The second-order valence-corrected chi connectivity index (χ2v) is 13.5. The number of hydrogen-bond acceptors (Lipinski definition) is 8. The van der Waals surface area contributed by atoms with Crippen molar-refractivity contribution < 1.29 is 93.9 Å². The van der Waals surface area contributed by atoms with Crippen molar-refractivity contribution in [2.45, 2.75) is 44.4 Å². The van der Waals surface area contributed by atoms with Gasteiger partial charge in [0.25, 0.3) is 0 Å². The second kappa shape index (κ2) is 12.8. The predicted octanol–water partition coefficient (Wildman–Crippen LogP) is 1.54. The first kappa shape index (κ1) is 35.6. The van der Waals surface area contributed by atoms with Gasteiger partial charge in [-0.2, -0.15) is 0 Å². The zero-order valence-electron chi connectivity index (χ0n) is 25.9. The molecule has 2 aromatic heterocycles. The van der Waals surface area contributed by atoms with Gasteiger partial charge in [-0.1, -0.05) is 60.7 Å². The molecule has 12 heteroatoms. The zero-order chi connectivity index (χ0) is 31.0. The van der Waals surface area contributed by atoms with Crippen LogP contribution in [0.1, 0.15) is 27.8 Å². The Morgan fingerprint density at radius 2 is 0.978 bits per heavy atom. The summed E-state index contributed by atoms with van der Waals surface area (Å²) in [5.74, 6) is 0.936. The Morgan fingerprint density at radius 3 is 1.49 bits per heavy atom. The molecule has 0 aliphatic heterocycles. The summed E-state index contributed by atoms with van der Waals surface area (Å²) in [7, 11) is -9.41. The van der Waals surface area contributed by atoms with E-state index in [1.807, 2.05) is 55.5 Å². The maximum Gasteiger partial charge on any atom is 1.00 e. The normalized spacial score (nSPS) is 11.9. The van der Waals surface area contributed by atoms with Crippen LogP contribution in [0, 0.1) is 34.6 Å². The van der Waals surface area contributed by atoms with Crippen LogP contribution < -0.4 is 59.1 Å². The molecule has 4 aromatic carbocycles. The molecular formula is C33H26Na2O8S2. The molecule has 0 bridgehead atoms. The Labute approximate surface area is 305 Å². The van der Waals surface area contributed by atoms with E-state index in [1.165, 1.54) is 0 Å². The summed E-state index contributed by atoms with van der Waals surface area (Å²) in [6, 6.07) is 20.0. The van der Waals surface area contributed by atoms with E-state index in [9.17, 15) is 25.9 Å². The summed E-state index contributed by atoms with van der Waals surface area (Å²) in [4.78, 5) is -0.520. The molecule has 45 heavy (non-hydrogen) atoms. The Kier molecular flexibility index (Phi) is 10.1. The van der Waals surface area contributed by atoms with Crippen molar-refractivity contribution in [3.8, 4) is 33.8 Å². The van der Waals surface area contributed by atoms with Crippen LogP contribution >= 0.6 is 0 Å². The van der Waals surface area contributed by atoms with E-state index in [4.69, 9.17) is 8.83 Å². The molecule has 0 unspecified atom stereocenters. The van der Waals surface area contributed by atoms with Crippen LogP contribution in [0.4, 0.5) is 0 Å². The van der Waals surface area contributed by atoms with Crippen molar-refractivity contribution in [2.24, 2.45) is 0 Å². The summed E-state index contributed by atoms with van der Waals surface area (Å²) in [6.07, 6.45) is 0. The summed E-state index contributed by atoms with van der Waals surface area (Å²) in [6.45, 7) is 8.56. The van der Waals surface area contributed by atoms with Gasteiger partial charge in [-0.15, -0.1) is 0 Å². The number of fused-ring (bicyclic) bond motifs is 2. The molecule has 0 radical (unpaired) electrons. The number of hydrogen-bond donors (Lipinski definition) is 0. The summed E-state index contributed by atoms with van der Waals surface area (Å²) < 4.78 is 84.2. The summed E-state index contributed by atoms with van der Waals surface area (Å²) >= 11 is 0. The molecule has 0 N–H and O–H groups in total. The Hall–Kier alpha value is -2.22. The van der Waals surface area contributed by atoms with Crippen LogP contribution in [0.3, 0.4) is 0 Å². The predicted molar refractivity (Wildman–Crippen MR) is 162 cm³/mol. The molecule has 0 aliphatic carbocycles. The van der Waals surface area contributed by atoms with Crippen molar-refractivity contribution in [1.82, 2.24) is 0 Å². The number of benzene rings is 4. The van der Waals surface area contributed by atoms with Crippen molar-refractivity contribution in [1.29, 1.82) is 0 Å². The molecule has 0 saturated heterocycles. The van der Waals surface area contributed by atoms with Gasteiger partial charge in [0.2, 0.25) is 0 Å². The maximum absolute atomic E-state index is 12.1. The first-order chi connectivity index (χ1) is 20.1. The topological polar surface area (TPSA) is 141 Å². The van der Waals surface area contributed by atoms with Gasteiger partial charge in [0.15, 0.2) is 0 Å². The monoisotopic (exact) mass is 660 g/mol. The van der Waals surface area contributed by atoms with Crippen molar-refractivity contribution in [3.05, 3.63) is 94.5 Å². The molecule has 0 saturated carbocycles. The van der Waals surface area contributed by atoms with Crippen LogP contribution in [0.5, 0.6) is 0 Å². The first-order valence-corrected chi connectivity index (χ1v) is 16.2. The summed E-state index contributed by atoms with van der Waals surface area (Å²) in [5.41, 5.74) is 6.84. The molecule has 0 amide bonds. The second-order valence-electron chi connectivity index (χ2n) is 10.9. The van der Waals surface area contributed by atoms with E-state index in [0.717, 1.165) is 33.4 Å². The molecule has 2 heterocycles. The smallest absolute Gasteiger partial charge is 0.744 e. The van der Waals surface area contributed by atoms with E-state index in [-0.39, 0.29) is 74.3 Å². The third-order valence-electron chi connectivity index (χ3n) is 7.80. The Morgan fingerprint density at radius 1 is 0.533 bits per heavy atom. The zero-order valence-corrected chi connectivity index (χ0v) is 31.6. The average molecular weight is 661 g/mol. The van der Waals surface area contributed by atoms with Crippen LogP contribution in [0.25, 0.3) is 55.7 Å². The van der Waals surface area contributed by atoms with Gasteiger partial charge in [-0.05, 0) is 74.1 Å². The fraction of sp³-hybridized carbons (Fsp3) is 0.152. The number of aryl methyl sites for hydroxylation is 5. The van der Waals surface area contributed by atoms with Crippen molar-refractivity contribution in [3.63, 3.8) is 0 Å². The first-order valence-electron chi connectivity index (χ1n) is 13.3. The molecule has 6 rings (SSSR count). The van der Waals surface area contributed by atoms with E-state index in [2.05, 4.69) is 0 Å². The Balaban J connectivity index is 0.00000230. The standard InChI is InChI=1S/C33H28O8S2.2Na/c1-17-14-19(3)32(42(34,35)36)26-16-27(40-29(17)26)24-10-6-22(7-11-24)23-8-12-25(13-9-23)31-21(5)28-30(41-31)18(2)15-20(4)33(28)43(37,38)39;;/h6-16H,1-5H3,(H,34,35,36)(H,37,38,39);;/q;2*+1/p-2. The molecule has 0 aliphatic rings. The van der Waals surface area contributed by atoms with E-state index < -0.39 is 20.2 Å². The van der Waals surface area contributed by atoms with Gasteiger partial charge >= 0.3 is 59.1 Å². The van der Waals surface area contributed by atoms with Crippen LogP contribution in [-0.2, 0) is 20.2 Å². The summed E-state index contributed by atoms with van der Waals surface area (Å²) in [5, 5.41) is 0.589. The minimum absolute atomic E-state index is 0. The van der Waals surface area contributed by atoms with Crippen LogP contribution in [-0.4, -0.2) is 25.9 Å². The third kappa shape index (κ3) is 6.38. The van der Waals surface area contributed by atoms with E-state index in [1.54, 1.807) is 45.9 Å². The van der Waals surface area contributed by atoms with Gasteiger partial charge < -0.3 is 17.9 Å². The van der Waals surface area contributed by atoms with Crippen molar-refractivity contribution >= 4 is 42.2 Å². The fourth-order valence-electron chi connectivity index (χ4n) is 5.95. The van der Waals surface area contributed by atoms with Gasteiger partial charge in [-0.3, -0.25) is 0 Å². The van der Waals surface area contributed by atoms with Gasteiger partial charge in [-0.25, -0.2) is 16.8 Å². The Bertz CT molecular complexity index is 2320. The van der Waals surface area contributed by atoms with Crippen LogP contribution in [0.2, 0.25) is 0 Å². The number of rotatable bonds is 5. The van der Waals surface area contributed by atoms with Crippen LogP contribution in [0.15, 0.2) is 85.4 Å². The van der Waals surface area contributed by atoms with Gasteiger partial charge in [0, 0.05) is 27.5 Å². The maximum atomic E-state index is 12.1. The third-order valence-corrected chi connectivity index (χ3v) is 9.87. The number of furan rings is 2. The fourth-order valence-corrected chi connectivity index (χ4v) is 7.77. The molecule has 6 aromatic rings. The average Bonchev–Trinajstić information content (AvgIpc) is 3.50. The molecular weight excluding hydrogens is 634 g/mol. The van der Waals surface area contributed by atoms with Gasteiger partial charge in [0.1, 0.15) is 42.9 Å². The molecule has 0 fully saturated rings. The quantitative estimate of drug-likeness (QED) is 0.200. The van der Waals surface area contributed by atoms with E-state index >= 15 is 0 Å². The van der Waals surface area contributed by atoms with Gasteiger partial charge in [0.05, 0.1) is 9.79 Å². The molecule has 0 atom stereocenters.